The topological polar surface area (TPSA) is 25.2 Å². The molecule has 0 aliphatic heterocycles. The number of carbonyl (C=O) groups is 1. The zero-order valence-corrected chi connectivity index (χ0v) is 12.0. The average Bonchev–Trinajstić information content (AvgIpc) is 2.84. The predicted octanol–water partition coefficient (Wildman–Crippen LogP) is 3.16. The summed E-state index contributed by atoms with van der Waals surface area (Å²) >= 11 is 0. The largest absolute Gasteiger partial charge is 0.353 e. The van der Waals surface area contributed by atoms with Crippen LogP contribution in [0.1, 0.15) is 21.6 Å². The minimum absolute atomic E-state index is 0.0334. The molecule has 104 valence electrons. The van der Waals surface area contributed by atoms with Crippen LogP contribution in [0.3, 0.4) is 0 Å². The summed E-state index contributed by atoms with van der Waals surface area (Å²) in [7, 11) is 1.98. The van der Waals surface area contributed by atoms with Crippen molar-refractivity contribution in [3.63, 3.8) is 0 Å². The van der Waals surface area contributed by atoms with Gasteiger partial charge in [0.05, 0.1) is 6.54 Å². The molecule has 1 aromatic carbocycles. The molecule has 1 aromatic heterocycles. The lowest BCUT2D eigenvalue weighted by atomic mass is 10.1. The maximum Gasteiger partial charge on any atom is 0.254 e. The van der Waals surface area contributed by atoms with Crippen molar-refractivity contribution < 1.29 is 4.79 Å². The van der Waals surface area contributed by atoms with Crippen molar-refractivity contribution in [2.45, 2.75) is 13.5 Å². The van der Waals surface area contributed by atoms with E-state index in [4.69, 9.17) is 0 Å². The maximum atomic E-state index is 12.6. The molecule has 2 rings (SSSR count). The molecule has 0 radical (unpaired) electrons. The predicted molar refractivity (Wildman–Crippen MR) is 81.5 cm³/mol. The monoisotopic (exact) mass is 268 g/mol. The van der Waals surface area contributed by atoms with Crippen molar-refractivity contribution in [3.8, 4) is 0 Å². The van der Waals surface area contributed by atoms with E-state index in [1.807, 2.05) is 61.1 Å². The van der Waals surface area contributed by atoms with Crippen molar-refractivity contribution in [3.05, 3.63) is 72.1 Å². The summed E-state index contributed by atoms with van der Waals surface area (Å²) in [6.45, 7) is 6.88. The Balaban J connectivity index is 2.19. The molecule has 3 nitrogen and oxygen atoms in total. The van der Waals surface area contributed by atoms with E-state index in [2.05, 4.69) is 6.58 Å². The van der Waals surface area contributed by atoms with Crippen molar-refractivity contribution in [1.82, 2.24) is 9.47 Å². The SMILES string of the molecule is C=CCN(Cc1cccn1C)C(=O)c1ccc(C)cc1. The summed E-state index contributed by atoms with van der Waals surface area (Å²) < 4.78 is 2.03. The van der Waals surface area contributed by atoms with Gasteiger partial charge in [-0.25, -0.2) is 0 Å². The minimum Gasteiger partial charge on any atom is -0.353 e. The molecule has 0 bridgehead atoms. The van der Waals surface area contributed by atoms with E-state index < -0.39 is 0 Å². The molecule has 0 spiro atoms. The molecule has 20 heavy (non-hydrogen) atoms. The second-order valence-electron chi connectivity index (χ2n) is 4.95. The van der Waals surface area contributed by atoms with Gasteiger partial charge in [0.15, 0.2) is 0 Å². The lowest BCUT2D eigenvalue weighted by Gasteiger charge is -2.21. The Labute approximate surface area is 120 Å². The molecule has 0 saturated heterocycles. The molecule has 1 amide bonds. The molecule has 0 saturated carbocycles. The maximum absolute atomic E-state index is 12.6. The van der Waals surface area contributed by atoms with Crippen molar-refractivity contribution in [1.29, 1.82) is 0 Å². The average molecular weight is 268 g/mol. The van der Waals surface area contributed by atoms with Crippen LogP contribution in [0.4, 0.5) is 0 Å². The highest BCUT2D eigenvalue weighted by Crippen LogP contribution is 2.11. The molecule has 0 N–H and O–H groups in total. The number of benzene rings is 1. The van der Waals surface area contributed by atoms with Gasteiger partial charge in [0.25, 0.3) is 5.91 Å². The highest BCUT2D eigenvalue weighted by atomic mass is 16.2. The number of amides is 1. The second kappa shape index (κ2) is 6.24. The third-order valence-electron chi connectivity index (χ3n) is 3.34. The summed E-state index contributed by atoms with van der Waals surface area (Å²) in [5.41, 5.74) is 2.97. The van der Waals surface area contributed by atoms with Crippen LogP contribution >= 0.6 is 0 Å². The third-order valence-corrected chi connectivity index (χ3v) is 3.34. The van der Waals surface area contributed by atoms with E-state index in [0.29, 0.717) is 18.7 Å². The Bertz CT molecular complexity index is 596. The zero-order chi connectivity index (χ0) is 14.5. The summed E-state index contributed by atoms with van der Waals surface area (Å²) in [6, 6.07) is 11.7. The molecule has 0 aliphatic rings. The highest BCUT2D eigenvalue weighted by Gasteiger charge is 2.15. The zero-order valence-electron chi connectivity index (χ0n) is 12.0. The number of aryl methyl sites for hydroxylation is 2. The Morgan fingerprint density at radius 1 is 1.30 bits per heavy atom. The van der Waals surface area contributed by atoms with Crippen LogP contribution in [-0.4, -0.2) is 21.9 Å². The molecular weight excluding hydrogens is 248 g/mol. The number of rotatable bonds is 5. The quantitative estimate of drug-likeness (QED) is 0.765. The van der Waals surface area contributed by atoms with Crippen molar-refractivity contribution in [2.75, 3.05) is 6.54 Å². The van der Waals surface area contributed by atoms with E-state index in [-0.39, 0.29) is 5.91 Å². The second-order valence-corrected chi connectivity index (χ2v) is 4.95. The fourth-order valence-corrected chi connectivity index (χ4v) is 2.11. The molecule has 0 unspecified atom stereocenters. The van der Waals surface area contributed by atoms with Gasteiger partial charge in [-0.15, -0.1) is 6.58 Å². The summed E-state index contributed by atoms with van der Waals surface area (Å²) in [5, 5.41) is 0. The van der Waals surface area contributed by atoms with Gasteiger partial charge in [0.1, 0.15) is 0 Å². The summed E-state index contributed by atoms with van der Waals surface area (Å²) in [4.78, 5) is 14.4. The number of carbonyl (C=O) groups excluding carboxylic acids is 1. The molecule has 0 aliphatic carbocycles. The van der Waals surface area contributed by atoms with Crippen LogP contribution in [0.5, 0.6) is 0 Å². The smallest absolute Gasteiger partial charge is 0.254 e. The first-order chi connectivity index (χ1) is 9.61. The van der Waals surface area contributed by atoms with Gasteiger partial charge < -0.3 is 9.47 Å². The Morgan fingerprint density at radius 3 is 2.55 bits per heavy atom. The molecule has 3 heteroatoms. The van der Waals surface area contributed by atoms with Crippen LogP contribution < -0.4 is 0 Å². The van der Waals surface area contributed by atoms with Crippen molar-refractivity contribution >= 4 is 5.91 Å². The highest BCUT2D eigenvalue weighted by molar-refractivity contribution is 5.94. The van der Waals surface area contributed by atoms with E-state index in [0.717, 1.165) is 11.3 Å². The summed E-state index contributed by atoms with van der Waals surface area (Å²) in [5.74, 6) is 0.0334. The number of hydrogen-bond donors (Lipinski definition) is 0. The molecule has 0 fully saturated rings. The number of aromatic nitrogens is 1. The van der Waals surface area contributed by atoms with Crippen LogP contribution in [0.15, 0.2) is 55.3 Å². The fraction of sp³-hybridized carbons (Fsp3) is 0.235. The van der Waals surface area contributed by atoms with Crippen molar-refractivity contribution in [2.24, 2.45) is 7.05 Å². The Hall–Kier alpha value is -2.29. The molecule has 0 atom stereocenters. The molecular formula is C17H20N2O. The standard InChI is InChI=1S/C17H20N2O/c1-4-11-19(13-16-6-5-12-18(16)3)17(20)15-9-7-14(2)8-10-15/h4-10,12H,1,11,13H2,2-3H3. The number of hydrogen-bond acceptors (Lipinski definition) is 1. The van der Waals surface area contributed by atoms with E-state index in [9.17, 15) is 4.79 Å². The van der Waals surface area contributed by atoms with E-state index in [1.54, 1.807) is 11.0 Å². The lowest BCUT2D eigenvalue weighted by molar-refractivity contribution is 0.0759. The van der Waals surface area contributed by atoms with Crippen LogP contribution in [0.25, 0.3) is 0 Å². The lowest BCUT2D eigenvalue weighted by Crippen LogP contribution is -2.31. The van der Waals surface area contributed by atoms with Crippen LogP contribution in [0, 0.1) is 6.92 Å². The molecule has 1 heterocycles. The van der Waals surface area contributed by atoms with Gasteiger partial charge in [0, 0.05) is 31.0 Å². The first-order valence-corrected chi connectivity index (χ1v) is 6.69. The van der Waals surface area contributed by atoms with Gasteiger partial charge >= 0.3 is 0 Å². The van der Waals surface area contributed by atoms with E-state index >= 15 is 0 Å². The van der Waals surface area contributed by atoms with Crippen LogP contribution in [-0.2, 0) is 13.6 Å². The van der Waals surface area contributed by atoms with E-state index in [1.165, 1.54) is 0 Å². The van der Waals surface area contributed by atoms with Gasteiger partial charge in [-0.1, -0.05) is 23.8 Å². The number of nitrogens with zero attached hydrogens (tertiary/aromatic N) is 2. The van der Waals surface area contributed by atoms with Crippen LogP contribution in [0.2, 0.25) is 0 Å². The Morgan fingerprint density at radius 2 is 2.00 bits per heavy atom. The summed E-state index contributed by atoms with van der Waals surface area (Å²) in [6.07, 6.45) is 3.74. The minimum atomic E-state index is 0.0334. The first-order valence-electron chi connectivity index (χ1n) is 6.69. The molecule has 2 aromatic rings. The van der Waals surface area contributed by atoms with Gasteiger partial charge in [-0.05, 0) is 31.2 Å². The normalized spacial score (nSPS) is 10.3. The Kier molecular flexibility index (Phi) is 4.41. The van der Waals surface area contributed by atoms with Gasteiger partial charge in [-0.2, -0.15) is 0 Å². The first kappa shape index (κ1) is 14.1. The third kappa shape index (κ3) is 3.18. The van der Waals surface area contributed by atoms with Gasteiger partial charge in [0.2, 0.25) is 0 Å². The fourth-order valence-electron chi connectivity index (χ4n) is 2.11. The van der Waals surface area contributed by atoms with Gasteiger partial charge in [-0.3, -0.25) is 4.79 Å².